The highest BCUT2D eigenvalue weighted by Gasteiger charge is 2.50. The number of aliphatic hydroxyl groups is 2. The Bertz CT molecular complexity index is 1580. The van der Waals surface area contributed by atoms with E-state index in [2.05, 4.69) is 93.7 Å². The molecular weight excluding hydrogens is 949 g/mol. The number of aliphatic carboxylic acids is 1. The molecule has 1 aliphatic heterocycles. The maximum absolute atomic E-state index is 13.1. The molecule has 1 saturated heterocycles. The van der Waals surface area contributed by atoms with Gasteiger partial charge in [-0.3, -0.25) is 14.4 Å². The SMILES string of the molecule is CCC/C=C\C/C=C\CCCCCCCC(=O)OC1C(OCC(COC(=O)CCCCCCCCC/C=C\C/C=C\CCCCC)OC(=O)CCCCCCC/C=C\C/C=C\CCCCC)OC(C(=O)O)C(O)C1O. The van der Waals surface area contributed by atoms with E-state index in [1.165, 1.54) is 57.8 Å². The Morgan fingerprint density at radius 3 is 1.25 bits per heavy atom. The van der Waals surface area contributed by atoms with Gasteiger partial charge < -0.3 is 39.0 Å². The predicted octanol–water partition coefficient (Wildman–Crippen LogP) is 15.3. The summed E-state index contributed by atoms with van der Waals surface area (Å²) >= 11 is 0. The minimum atomic E-state index is -1.91. The molecule has 0 aliphatic carbocycles. The summed E-state index contributed by atoms with van der Waals surface area (Å²) in [5.41, 5.74) is 0. The first-order valence-electron chi connectivity index (χ1n) is 29.9. The number of allylic oxidation sites excluding steroid dienone is 12. The lowest BCUT2D eigenvalue weighted by Gasteiger charge is -2.40. The van der Waals surface area contributed by atoms with E-state index in [1.54, 1.807) is 0 Å². The highest BCUT2D eigenvalue weighted by Crippen LogP contribution is 2.26. The zero-order valence-corrected chi connectivity index (χ0v) is 47.3. The van der Waals surface area contributed by atoms with Gasteiger partial charge in [0.2, 0.25) is 0 Å². The first-order valence-corrected chi connectivity index (χ1v) is 29.9. The summed E-state index contributed by atoms with van der Waals surface area (Å²) in [6.45, 7) is 5.85. The molecule has 6 unspecified atom stereocenters. The van der Waals surface area contributed by atoms with Crippen LogP contribution in [-0.4, -0.2) is 89.2 Å². The Labute approximate surface area is 455 Å². The molecule has 0 aromatic rings. The molecule has 0 aromatic heterocycles. The van der Waals surface area contributed by atoms with Crippen molar-refractivity contribution in [1.29, 1.82) is 0 Å². The highest BCUT2D eigenvalue weighted by atomic mass is 16.7. The van der Waals surface area contributed by atoms with E-state index >= 15 is 0 Å². The molecule has 0 radical (unpaired) electrons. The molecule has 0 saturated carbocycles. The number of esters is 3. The van der Waals surface area contributed by atoms with Crippen LogP contribution in [0.15, 0.2) is 72.9 Å². The molecule has 6 atom stereocenters. The summed E-state index contributed by atoms with van der Waals surface area (Å²) in [6, 6.07) is 0. The Morgan fingerprint density at radius 1 is 0.440 bits per heavy atom. The number of ether oxygens (including phenoxy) is 5. The number of carboxylic acid groups (broad SMARTS) is 1. The van der Waals surface area contributed by atoms with Gasteiger partial charge in [0, 0.05) is 19.3 Å². The second-order valence-corrected chi connectivity index (χ2v) is 20.3. The van der Waals surface area contributed by atoms with Crippen molar-refractivity contribution < 1.29 is 58.2 Å². The lowest BCUT2D eigenvalue weighted by Crippen LogP contribution is -2.61. The van der Waals surface area contributed by atoms with Crippen LogP contribution in [0.4, 0.5) is 0 Å². The lowest BCUT2D eigenvalue weighted by atomic mass is 9.98. The molecule has 430 valence electrons. The fourth-order valence-corrected chi connectivity index (χ4v) is 8.58. The molecule has 0 aromatic carbocycles. The average molecular weight is 1060 g/mol. The van der Waals surface area contributed by atoms with Crippen LogP contribution in [0.1, 0.15) is 252 Å². The lowest BCUT2D eigenvalue weighted by molar-refractivity contribution is -0.301. The van der Waals surface area contributed by atoms with Crippen molar-refractivity contribution in [2.75, 3.05) is 13.2 Å². The van der Waals surface area contributed by atoms with Crippen molar-refractivity contribution in [1.82, 2.24) is 0 Å². The number of unbranched alkanes of at least 4 members (excludes halogenated alkanes) is 24. The van der Waals surface area contributed by atoms with Gasteiger partial charge >= 0.3 is 23.9 Å². The van der Waals surface area contributed by atoms with Gasteiger partial charge in [-0.25, -0.2) is 4.79 Å². The summed E-state index contributed by atoms with van der Waals surface area (Å²) in [5, 5.41) is 31.5. The van der Waals surface area contributed by atoms with Gasteiger partial charge in [-0.2, -0.15) is 0 Å². The Kier molecular flexibility index (Phi) is 47.0. The van der Waals surface area contributed by atoms with Gasteiger partial charge in [0.1, 0.15) is 18.8 Å². The number of rotatable bonds is 50. The second-order valence-electron chi connectivity index (χ2n) is 20.3. The molecule has 1 fully saturated rings. The van der Waals surface area contributed by atoms with Crippen molar-refractivity contribution in [2.45, 2.75) is 289 Å². The van der Waals surface area contributed by atoms with E-state index in [0.717, 1.165) is 135 Å². The van der Waals surface area contributed by atoms with Crippen molar-refractivity contribution in [3.05, 3.63) is 72.9 Å². The minimum Gasteiger partial charge on any atom is -0.479 e. The third kappa shape index (κ3) is 41.0. The molecule has 1 aliphatic rings. The Hall–Kier alpha value is -3.84. The van der Waals surface area contributed by atoms with E-state index < -0.39 is 67.3 Å². The van der Waals surface area contributed by atoms with E-state index in [9.17, 15) is 34.5 Å². The van der Waals surface area contributed by atoms with Crippen LogP contribution in [0, 0.1) is 0 Å². The summed E-state index contributed by atoms with van der Waals surface area (Å²) in [5.74, 6) is -3.16. The van der Waals surface area contributed by atoms with Crippen LogP contribution in [0.5, 0.6) is 0 Å². The van der Waals surface area contributed by atoms with Crippen molar-refractivity contribution in [3.63, 3.8) is 0 Å². The Morgan fingerprint density at radius 2 is 0.827 bits per heavy atom. The fourth-order valence-electron chi connectivity index (χ4n) is 8.58. The van der Waals surface area contributed by atoms with Crippen LogP contribution in [0.2, 0.25) is 0 Å². The molecule has 12 heteroatoms. The average Bonchev–Trinajstić information content (AvgIpc) is 3.39. The van der Waals surface area contributed by atoms with E-state index in [1.807, 2.05) is 0 Å². The fraction of sp³-hybridized carbons (Fsp3) is 0.746. The van der Waals surface area contributed by atoms with Crippen LogP contribution >= 0.6 is 0 Å². The second kappa shape index (κ2) is 50.9. The number of carboxylic acids is 1. The first-order chi connectivity index (χ1) is 36.6. The molecule has 1 heterocycles. The van der Waals surface area contributed by atoms with Crippen LogP contribution in [0.25, 0.3) is 0 Å². The maximum atomic E-state index is 13.1. The summed E-state index contributed by atoms with van der Waals surface area (Å²) in [6.07, 6.45) is 51.5. The Balaban J connectivity index is 2.71. The van der Waals surface area contributed by atoms with Crippen LogP contribution in [0.3, 0.4) is 0 Å². The molecule has 0 amide bonds. The topological polar surface area (TPSA) is 175 Å². The normalized spacial score (nSPS) is 18.7. The molecule has 0 spiro atoms. The number of hydrogen-bond donors (Lipinski definition) is 3. The molecule has 12 nitrogen and oxygen atoms in total. The summed E-state index contributed by atoms with van der Waals surface area (Å²) in [7, 11) is 0. The third-order valence-corrected chi connectivity index (χ3v) is 13.2. The smallest absolute Gasteiger partial charge is 0.335 e. The number of carbonyl (C=O) groups excluding carboxylic acids is 3. The van der Waals surface area contributed by atoms with E-state index in [-0.39, 0.29) is 25.9 Å². The minimum absolute atomic E-state index is 0.0400. The van der Waals surface area contributed by atoms with Crippen molar-refractivity contribution in [2.24, 2.45) is 0 Å². The first kappa shape index (κ1) is 69.2. The standard InChI is InChI=1S/C63H106O12/c1-4-7-10-13-16-19-22-25-27-28-30-32-34-37-40-43-46-49-55(64)71-52-54(73-56(65)50-47-44-41-38-36-33-29-26-23-20-17-14-11-8-5-2)53-72-63-61(59(68)58(67)60(75-63)62(69)70)74-57(66)51-48-45-42-39-35-31-24-21-18-15-12-9-6-3/h12,15-17,19-21,24-27,29,54,58-61,63,67-68H,4-11,13-14,18,22-23,28,30-53H2,1-3H3,(H,69,70)/b15-12-,19-16-,20-17-,24-21-,27-25-,29-26-. The number of hydrogen-bond acceptors (Lipinski definition) is 11. The molecule has 3 N–H and O–H groups in total. The third-order valence-electron chi connectivity index (χ3n) is 13.2. The summed E-state index contributed by atoms with van der Waals surface area (Å²) in [4.78, 5) is 51.1. The molecule has 0 bridgehead atoms. The van der Waals surface area contributed by atoms with Gasteiger partial charge in [-0.15, -0.1) is 0 Å². The number of aliphatic hydroxyl groups excluding tert-OH is 2. The van der Waals surface area contributed by atoms with E-state index in [0.29, 0.717) is 19.3 Å². The monoisotopic (exact) mass is 1050 g/mol. The molecule has 1 rings (SSSR count). The number of carbonyl (C=O) groups is 4. The maximum Gasteiger partial charge on any atom is 0.335 e. The van der Waals surface area contributed by atoms with Gasteiger partial charge in [-0.1, -0.05) is 196 Å². The summed E-state index contributed by atoms with van der Waals surface area (Å²) < 4.78 is 28.4. The van der Waals surface area contributed by atoms with E-state index in [4.69, 9.17) is 23.7 Å². The van der Waals surface area contributed by atoms with Crippen LogP contribution in [-0.2, 0) is 42.9 Å². The van der Waals surface area contributed by atoms with Gasteiger partial charge in [0.15, 0.2) is 24.6 Å². The zero-order valence-electron chi connectivity index (χ0n) is 47.3. The van der Waals surface area contributed by atoms with Gasteiger partial charge in [0.05, 0.1) is 6.61 Å². The predicted molar refractivity (Wildman–Crippen MR) is 303 cm³/mol. The van der Waals surface area contributed by atoms with Crippen molar-refractivity contribution >= 4 is 23.9 Å². The van der Waals surface area contributed by atoms with Gasteiger partial charge in [0.25, 0.3) is 0 Å². The quantitative estimate of drug-likeness (QED) is 0.0228. The van der Waals surface area contributed by atoms with Gasteiger partial charge in [-0.05, 0) is 109 Å². The molecular formula is C63H106O12. The van der Waals surface area contributed by atoms with Crippen LogP contribution < -0.4 is 0 Å². The zero-order chi connectivity index (χ0) is 54.7. The molecule has 75 heavy (non-hydrogen) atoms. The van der Waals surface area contributed by atoms with Crippen molar-refractivity contribution in [3.8, 4) is 0 Å². The highest BCUT2D eigenvalue weighted by molar-refractivity contribution is 5.74. The largest absolute Gasteiger partial charge is 0.479 e.